The number of nitrogens with zero attached hydrogens (tertiary/aromatic N) is 3. The molecule has 6 heteroatoms. The minimum Gasteiger partial charge on any atom is -1.00 e. The Kier molecular flexibility index (Phi) is 7.44. The lowest BCUT2D eigenvalue weighted by Crippen LogP contribution is -3.00. The van der Waals surface area contributed by atoms with Crippen LogP contribution < -0.4 is 12.4 Å². The molecule has 1 aliphatic heterocycles. The van der Waals surface area contributed by atoms with E-state index in [9.17, 15) is 4.79 Å². The smallest absolute Gasteiger partial charge is 0.259 e. The number of benzene rings is 2. The fourth-order valence-electron chi connectivity index (χ4n) is 3.61. The zero-order chi connectivity index (χ0) is 20.1. The molecule has 3 aromatic rings. The fraction of sp³-hybridized carbons (Fsp3) is 0.250. The Hall–Kier alpha value is -2.89. The summed E-state index contributed by atoms with van der Waals surface area (Å²) in [6.07, 6.45) is 4.33. The minimum atomic E-state index is 0. The number of hydrogen-bond acceptors (Lipinski definition) is 4. The number of aryl methyl sites for hydroxylation is 1. The van der Waals surface area contributed by atoms with Gasteiger partial charge in [-0.05, 0) is 12.5 Å². The monoisotopic (exact) mass is 422 g/mol. The van der Waals surface area contributed by atoms with Gasteiger partial charge in [-0.15, -0.1) is 0 Å². The van der Waals surface area contributed by atoms with Crippen molar-refractivity contribution in [2.24, 2.45) is 0 Å². The van der Waals surface area contributed by atoms with Gasteiger partial charge >= 0.3 is 0 Å². The van der Waals surface area contributed by atoms with Crippen molar-refractivity contribution in [1.82, 2.24) is 15.0 Å². The molecule has 4 rings (SSSR count). The highest BCUT2D eigenvalue weighted by molar-refractivity contribution is 6.00. The van der Waals surface area contributed by atoms with Crippen molar-refractivity contribution >= 4 is 12.0 Å². The summed E-state index contributed by atoms with van der Waals surface area (Å²) in [6, 6.07) is 20.0. The quantitative estimate of drug-likeness (QED) is 0.618. The van der Waals surface area contributed by atoms with Gasteiger partial charge in [-0.2, -0.15) is 0 Å². The summed E-state index contributed by atoms with van der Waals surface area (Å²) in [5.41, 5.74) is 3.31. The first kappa shape index (κ1) is 21.8. The molecule has 0 spiro atoms. The zero-order valence-electron chi connectivity index (χ0n) is 17.0. The van der Waals surface area contributed by atoms with Gasteiger partial charge in [-0.3, -0.25) is 9.69 Å². The van der Waals surface area contributed by atoms with E-state index in [2.05, 4.69) is 34.3 Å². The van der Waals surface area contributed by atoms with Crippen LogP contribution in [0.15, 0.2) is 71.3 Å². The van der Waals surface area contributed by atoms with Crippen LogP contribution in [0.25, 0.3) is 17.3 Å². The molecule has 2 heterocycles. The average Bonchev–Trinajstić information content (AvgIpc) is 3.16. The summed E-state index contributed by atoms with van der Waals surface area (Å²) in [7, 11) is 0. The molecule has 1 amide bonds. The molecular formula is C24H25ClN3O2-. The molecule has 0 aliphatic carbocycles. The molecule has 1 aliphatic rings. The first-order valence-corrected chi connectivity index (χ1v) is 9.97. The van der Waals surface area contributed by atoms with Crippen molar-refractivity contribution in [1.29, 1.82) is 0 Å². The van der Waals surface area contributed by atoms with Crippen molar-refractivity contribution < 1.29 is 21.7 Å². The maximum absolute atomic E-state index is 13.2. The van der Waals surface area contributed by atoms with E-state index in [0.29, 0.717) is 30.1 Å². The largest absolute Gasteiger partial charge is 1.00 e. The lowest BCUT2D eigenvalue weighted by atomic mass is 10.0. The van der Waals surface area contributed by atoms with Crippen molar-refractivity contribution in [3.05, 3.63) is 83.6 Å². The number of amides is 1. The molecule has 156 valence electrons. The molecular weight excluding hydrogens is 398 g/mol. The molecule has 30 heavy (non-hydrogen) atoms. The normalized spacial score (nSPS) is 14.6. The molecule has 0 bridgehead atoms. The van der Waals surface area contributed by atoms with E-state index in [0.717, 1.165) is 25.2 Å². The van der Waals surface area contributed by atoms with E-state index < -0.39 is 0 Å². The van der Waals surface area contributed by atoms with Gasteiger partial charge in [0.05, 0.1) is 0 Å². The number of hydrogen-bond donors (Lipinski definition) is 0. The summed E-state index contributed by atoms with van der Waals surface area (Å²) < 4.78 is 5.36. The Balaban J connectivity index is 0.00000256. The number of halogens is 1. The maximum Gasteiger partial charge on any atom is 0.259 e. The molecule has 0 atom stereocenters. The molecule has 1 aromatic heterocycles. The minimum absolute atomic E-state index is 0. The molecule has 0 N–H and O–H groups in total. The van der Waals surface area contributed by atoms with Gasteiger partial charge in [0.2, 0.25) is 0 Å². The van der Waals surface area contributed by atoms with E-state index in [1.54, 1.807) is 6.92 Å². The predicted octanol–water partition coefficient (Wildman–Crippen LogP) is 1.13. The molecule has 1 fully saturated rings. The van der Waals surface area contributed by atoms with Gasteiger partial charge in [0.15, 0.2) is 0 Å². The Bertz CT molecular complexity index is 978. The van der Waals surface area contributed by atoms with Crippen LogP contribution in [0.1, 0.15) is 21.7 Å². The van der Waals surface area contributed by atoms with Gasteiger partial charge in [-0.1, -0.05) is 78.0 Å². The van der Waals surface area contributed by atoms with Crippen LogP contribution in [0.3, 0.4) is 0 Å². The van der Waals surface area contributed by atoms with Crippen molar-refractivity contribution in [3.63, 3.8) is 0 Å². The Morgan fingerprint density at radius 3 is 2.30 bits per heavy atom. The van der Waals surface area contributed by atoms with Crippen molar-refractivity contribution in [3.8, 4) is 11.3 Å². The first-order valence-electron chi connectivity index (χ1n) is 9.97. The predicted molar refractivity (Wildman–Crippen MR) is 114 cm³/mol. The topological polar surface area (TPSA) is 49.6 Å². The number of piperazine rings is 1. The van der Waals surface area contributed by atoms with E-state index in [-0.39, 0.29) is 18.3 Å². The third kappa shape index (κ3) is 4.99. The molecule has 0 saturated carbocycles. The van der Waals surface area contributed by atoms with Crippen LogP contribution in [-0.4, -0.2) is 53.6 Å². The number of rotatable bonds is 5. The summed E-state index contributed by atoms with van der Waals surface area (Å²) in [5.74, 6) is 0.573. The second-order valence-corrected chi connectivity index (χ2v) is 7.23. The number of carbonyl (C=O) groups excluding carboxylic acids is 1. The fourth-order valence-corrected chi connectivity index (χ4v) is 3.61. The summed E-state index contributed by atoms with van der Waals surface area (Å²) in [6.45, 7) is 5.81. The van der Waals surface area contributed by atoms with Gasteiger partial charge in [0.1, 0.15) is 17.0 Å². The standard InChI is InChI=1S/C24H25N3O2.ClH/c1-19-22(23(25-29-19)21-12-6-3-7-13-21)24(28)27-17-15-26(16-18-27)14-8-11-20-9-4-2-5-10-20;/h2-13H,14-18H2,1H3;1H/p-1/b11-8+;. The Morgan fingerprint density at radius 2 is 1.63 bits per heavy atom. The SMILES string of the molecule is Cc1onc(-c2ccccc2)c1C(=O)N1CCN(C/C=C/c2ccccc2)CC1.[Cl-]. The second kappa shape index (κ2) is 10.2. The number of carbonyl (C=O) groups is 1. The summed E-state index contributed by atoms with van der Waals surface area (Å²) >= 11 is 0. The third-order valence-corrected chi connectivity index (χ3v) is 5.26. The van der Waals surface area contributed by atoms with Crippen LogP contribution in [-0.2, 0) is 0 Å². The highest BCUT2D eigenvalue weighted by Crippen LogP contribution is 2.26. The second-order valence-electron chi connectivity index (χ2n) is 7.23. The highest BCUT2D eigenvalue weighted by Gasteiger charge is 2.28. The van der Waals surface area contributed by atoms with Crippen LogP contribution in [0, 0.1) is 6.92 Å². The van der Waals surface area contributed by atoms with E-state index in [4.69, 9.17) is 4.52 Å². The molecule has 1 saturated heterocycles. The van der Waals surface area contributed by atoms with E-state index in [1.807, 2.05) is 53.4 Å². The van der Waals surface area contributed by atoms with Gasteiger partial charge in [-0.25, -0.2) is 0 Å². The third-order valence-electron chi connectivity index (χ3n) is 5.26. The molecule has 5 nitrogen and oxygen atoms in total. The summed E-state index contributed by atoms with van der Waals surface area (Å²) in [4.78, 5) is 17.4. The van der Waals surface area contributed by atoms with Crippen molar-refractivity contribution in [2.45, 2.75) is 6.92 Å². The highest BCUT2D eigenvalue weighted by atomic mass is 35.5. The van der Waals surface area contributed by atoms with Crippen LogP contribution in [0.5, 0.6) is 0 Å². The van der Waals surface area contributed by atoms with E-state index in [1.165, 1.54) is 5.56 Å². The lowest BCUT2D eigenvalue weighted by molar-refractivity contribution is -0.0000172. The molecule has 0 radical (unpaired) electrons. The van der Waals surface area contributed by atoms with Gasteiger partial charge in [0.25, 0.3) is 5.91 Å². The first-order chi connectivity index (χ1) is 14.2. The van der Waals surface area contributed by atoms with Crippen LogP contribution >= 0.6 is 0 Å². The molecule has 0 unspecified atom stereocenters. The average molecular weight is 423 g/mol. The summed E-state index contributed by atoms with van der Waals surface area (Å²) in [5, 5.41) is 4.14. The Morgan fingerprint density at radius 1 is 1.00 bits per heavy atom. The molecule has 2 aromatic carbocycles. The van der Waals surface area contributed by atoms with Crippen LogP contribution in [0.4, 0.5) is 0 Å². The van der Waals surface area contributed by atoms with Gasteiger partial charge < -0.3 is 21.8 Å². The van der Waals surface area contributed by atoms with E-state index >= 15 is 0 Å². The Labute approximate surface area is 183 Å². The zero-order valence-corrected chi connectivity index (χ0v) is 17.8. The van der Waals surface area contributed by atoms with Crippen LogP contribution in [0.2, 0.25) is 0 Å². The van der Waals surface area contributed by atoms with Gasteiger partial charge in [0, 0.05) is 38.3 Å². The maximum atomic E-state index is 13.2. The van der Waals surface area contributed by atoms with Crippen molar-refractivity contribution in [2.75, 3.05) is 32.7 Å². The lowest BCUT2D eigenvalue weighted by Gasteiger charge is -2.34. The number of aromatic nitrogens is 1.